The van der Waals surface area contributed by atoms with Crippen LogP contribution in [0.2, 0.25) is 0 Å². The first-order valence-electron chi connectivity index (χ1n) is 6.67. The number of amides is 1. The van der Waals surface area contributed by atoms with Gasteiger partial charge in [-0.25, -0.2) is 4.79 Å². The summed E-state index contributed by atoms with van der Waals surface area (Å²) in [5.41, 5.74) is 1.24. The number of hydrogen-bond donors (Lipinski definition) is 3. The van der Waals surface area contributed by atoms with Crippen LogP contribution in [0.1, 0.15) is 6.92 Å². The molecule has 0 radical (unpaired) electrons. The Morgan fingerprint density at radius 3 is 2.95 bits per heavy atom. The van der Waals surface area contributed by atoms with E-state index in [1.165, 1.54) is 4.68 Å². The number of benzene rings is 1. The van der Waals surface area contributed by atoms with E-state index >= 15 is 0 Å². The highest BCUT2D eigenvalue weighted by Gasteiger charge is 2.25. The molecule has 1 unspecified atom stereocenters. The third-order valence-corrected chi connectivity index (χ3v) is 4.46. The maximum absolute atomic E-state index is 12.2. The minimum absolute atomic E-state index is 0.180. The van der Waals surface area contributed by atoms with Crippen LogP contribution in [0.3, 0.4) is 0 Å². The number of nitrogens with one attached hydrogen (secondary N) is 3. The third kappa shape index (κ3) is 2.77. The number of aryl methyl sites for hydroxylation is 1. The van der Waals surface area contributed by atoms with Crippen LogP contribution in [0.15, 0.2) is 44.8 Å². The average molecular weight is 319 g/mol. The standard InChI is InChI=1S/C14H14N4O3S/c1-8(22-13-14(20)21-17-18(13)2)12(19)16-10-3-4-11-9(7-10)5-6-15-11/h3-8,17,20H,1-2H3/p+1. The molecule has 3 rings (SSSR count). The number of rotatable bonds is 4. The number of aromatic nitrogens is 3. The van der Waals surface area contributed by atoms with Crippen LogP contribution in [0.4, 0.5) is 5.69 Å². The highest BCUT2D eigenvalue weighted by molar-refractivity contribution is 8.00. The fourth-order valence-corrected chi connectivity index (χ4v) is 2.89. The van der Waals surface area contributed by atoms with Crippen LogP contribution in [-0.2, 0) is 11.8 Å². The SMILES string of the molecule is CC(Sc1c(=O)o[nH][n+]1C)C(=O)Nc1ccc2[nH]ccc2c1. The lowest BCUT2D eigenvalue weighted by molar-refractivity contribution is -0.772. The molecule has 0 saturated carbocycles. The molecule has 8 heteroatoms. The van der Waals surface area contributed by atoms with Gasteiger partial charge in [0.1, 0.15) is 0 Å². The summed E-state index contributed by atoms with van der Waals surface area (Å²) in [6.45, 7) is 1.74. The van der Waals surface area contributed by atoms with Crippen molar-refractivity contribution in [3.8, 4) is 0 Å². The van der Waals surface area contributed by atoms with E-state index in [1.807, 2.05) is 30.5 Å². The molecule has 1 atom stereocenters. The van der Waals surface area contributed by atoms with Gasteiger partial charge in [-0.05, 0) is 48.2 Å². The molecule has 0 saturated heterocycles. The predicted octanol–water partition coefficient (Wildman–Crippen LogP) is 1.39. The summed E-state index contributed by atoms with van der Waals surface area (Å²) in [5.74, 6) is -0.180. The molecule has 3 aromatic rings. The van der Waals surface area contributed by atoms with Crippen LogP contribution in [0, 0.1) is 0 Å². The van der Waals surface area contributed by atoms with Crippen LogP contribution in [0.5, 0.6) is 0 Å². The van der Waals surface area contributed by atoms with Gasteiger partial charge in [-0.3, -0.25) is 9.32 Å². The summed E-state index contributed by atoms with van der Waals surface area (Å²) in [7, 11) is 1.65. The van der Waals surface area contributed by atoms with Gasteiger partial charge >= 0.3 is 10.7 Å². The van der Waals surface area contributed by atoms with Crippen LogP contribution in [0.25, 0.3) is 10.9 Å². The molecule has 0 bridgehead atoms. The lowest BCUT2D eigenvalue weighted by Gasteiger charge is -2.09. The number of nitrogens with zero attached hydrogens (tertiary/aromatic N) is 1. The molecule has 7 nitrogen and oxygen atoms in total. The van der Waals surface area contributed by atoms with Crippen molar-refractivity contribution in [1.82, 2.24) is 10.3 Å². The van der Waals surface area contributed by atoms with E-state index in [0.717, 1.165) is 28.4 Å². The molecule has 0 fully saturated rings. The number of fused-ring (bicyclic) bond motifs is 1. The molecule has 22 heavy (non-hydrogen) atoms. The number of carbonyl (C=O) groups is 1. The molecular weight excluding hydrogens is 304 g/mol. The summed E-state index contributed by atoms with van der Waals surface area (Å²) in [6.07, 6.45) is 1.85. The second-order valence-electron chi connectivity index (χ2n) is 4.87. The van der Waals surface area contributed by atoms with Gasteiger partial charge in [0.2, 0.25) is 5.91 Å². The van der Waals surface area contributed by atoms with Crippen LogP contribution >= 0.6 is 11.8 Å². The Bertz CT molecular complexity index is 879. The van der Waals surface area contributed by atoms with E-state index in [0.29, 0.717) is 5.03 Å². The fraction of sp³-hybridized carbons (Fsp3) is 0.214. The van der Waals surface area contributed by atoms with Gasteiger partial charge in [0.05, 0.1) is 5.25 Å². The Hall–Kier alpha value is -2.48. The van der Waals surface area contributed by atoms with Crippen molar-refractivity contribution < 1.29 is 14.0 Å². The molecule has 0 spiro atoms. The minimum atomic E-state index is -0.485. The lowest BCUT2D eigenvalue weighted by Crippen LogP contribution is -2.35. The lowest BCUT2D eigenvalue weighted by atomic mass is 10.2. The minimum Gasteiger partial charge on any atom is -0.361 e. The van der Waals surface area contributed by atoms with E-state index in [2.05, 4.69) is 20.1 Å². The van der Waals surface area contributed by atoms with E-state index in [4.69, 9.17) is 0 Å². The fourth-order valence-electron chi connectivity index (χ4n) is 2.06. The van der Waals surface area contributed by atoms with Crippen molar-refractivity contribution in [2.45, 2.75) is 17.2 Å². The Kier molecular flexibility index (Phi) is 3.76. The van der Waals surface area contributed by atoms with Crippen molar-refractivity contribution >= 4 is 34.3 Å². The number of hydrogen-bond acceptors (Lipinski definition) is 4. The van der Waals surface area contributed by atoms with Gasteiger partial charge in [0.25, 0.3) is 0 Å². The summed E-state index contributed by atoms with van der Waals surface area (Å²) < 4.78 is 6.11. The monoisotopic (exact) mass is 319 g/mol. The van der Waals surface area contributed by atoms with Gasteiger partial charge in [-0.2, -0.15) is 0 Å². The van der Waals surface area contributed by atoms with Gasteiger partial charge in [0.15, 0.2) is 7.05 Å². The van der Waals surface area contributed by atoms with Crippen molar-refractivity contribution in [2.75, 3.05) is 5.32 Å². The van der Waals surface area contributed by atoms with Crippen molar-refractivity contribution in [3.63, 3.8) is 0 Å². The van der Waals surface area contributed by atoms with E-state index < -0.39 is 10.9 Å². The Labute approximate surface area is 129 Å². The van der Waals surface area contributed by atoms with Gasteiger partial charge < -0.3 is 10.3 Å². The number of thioether (sulfide) groups is 1. The topological polar surface area (TPSA) is 94.8 Å². The van der Waals surface area contributed by atoms with Gasteiger partial charge in [-0.15, -0.1) is 0 Å². The predicted molar refractivity (Wildman–Crippen MR) is 82.8 cm³/mol. The number of anilines is 1. The van der Waals surface area contributed by atoms with Crippen LogP contribution < -0.4 is 15.6 Å². The molecule has 1 amide bonds. The highest BCUT2D eigenvalue weighted by Crippen LogP contribution is 2.21. The molecule has 0 aliphatic carbocycles. The third-order valence-electron chi connectivity index (χ3n) is 3.23. The maximum atomic E-state index is 12.2. The second-order valence-corrected chi connectivity index (χ2v) is 6.20. The van der Waals surface area contributed by atoms with E-state index in [1.54, 1.807) is 14.0 Å². The van der Waals surface area contributed by atoms with E-state index in [-0.39, 0.29) is 5.91 Å². The quantitative estimate of drug-likeness (QED) is 0.500. The summed E-state index contributed by atoms with van der Waals surface area (Å²) in [5, 5.41) is 6.21. The Morgan fingerprint density at radius 2 is 2.23 bits per heavy atom. The molecule has 0 aliphatic heterocycles. The molecule has 2 aromatic heterocycles. The van der Waals surface area contributed by atoms with Crippen molar-refractivity contribution in [3.05, 3.63) is 40.9 Å². The normalized spacial score (nSPS) is 12.5. The number of carbonyl (C=O) groups excluding carboxylic acids is 1. The molecule has 0 aliphatic rings. The first-order valence-corrected chi connectivity index (χ1v) is 7.55. The largest absolute Gasteiger partial charge is 0.441 e. The second kappa shape index (κ2) is 5.72. The zero-order valence-electron chi connectivity index (χ0n) is 12.0. The number of aromatic amines is 2. The smallest absolute Gasteiger partial charge is 0.361 e. The molecule has 3 N–H and O–H groups in total. The maximum Gasteiger partial charge on any atom is 0.441 e. The number of H-pyrrole nitrogens is 2. The van der Waals surface area contributed by atoms with E-state index in [9.17, 15) is 9.59 Å². The molecular formula is C14H15N4O3S+. The molecule has 1 aromatic carbocycles. The average Bonchev–Trinajstić information content (AvgIpc) is 3.08. The first kappa shape index (κ1) is 14.5. The Balaban J connectivity index is 1.72. The Morgan fingerprint density at radius 1 is 1.41 bits per heavy atom. The molecule has 2 heterocycles. The van der Waals surface area contributed by atoms with Gasteiger partial charge in [0, 0.05) is 22.8 Å². The van der Waals surface area contributed by atoms with Gasteiger partial charge in [-0.1, -0.05) is 4.68 Å². The highest BCUT2D eigenvalue weighted by atomic mass is 32.2. The molecule has 114 valence electrons. The summed E-state index contributed by atoms with van der Waals surface area (Å²) in [4.78, 5) is 26.8. The zero-order valence-corrected chi connectivity index (χ0v) is 12.9. The van der Waals surface area contributed by atoms with Crippen molar-refractivity contribution in [1.29, 1.82) is 0 Å². The summed E-state index contributed by atoms with van der Waals surface area (Å²) in [6, 6.07) is 7.57. The first-order chi connectivity index (χ1) is 10.5. The zero-order chi connectivity index (χ0) is 15.7. The summed E-state index contributed by atoms with van der Waals surface area (Å²) >= 11 is 1.14. The van der Waals surface area contributed by atoms with Crippen LogP contribution in [-0.4, -0.2) is 21.4 Å². The van der Waals surface area contributed by atoms with Crippen molar-refractivity contribution in [2.24, 2.45) is 7.05 Å².